The first kappa shape index (κ1) is 19.8. The Hall–Kier alpha value is -0.200. The molecule has 0 saturated heterocycles. The first-order chi connectivity index (χ1) is 9.44. The maximum Gasteiger partial charge on any atom is 0.0615 e. The molecule has 0 aliphatic rings. The average Bonchev–Trinajstić information content (AvgIpc) is 2.39. The summed E-state index contributed by atoms with van der Waals surface area (Å²) in [5, 5.41) is 13.0. The topological polar surface area (TPSA) is 54.0 Å². The molecule has 0 aromatic rings. The molecule has 0 aromatic carbocycles. The highest BCUT2D eigenvalue weighted by atomic mass is 16.5. The van der Waals surface area contributed by atoms with E-state index in [1.807, 2.05) is 0 Å². The van der Waals surface area contributed by atoms with E-state index in [9.17, 15) is 5.11 Å². The quantitative estimate of drug-likeness (QED) is 0.564. The number of aliphatic hydroxyl groups is 1. The summed E-state index contributed by atoms with van der Waals surface area (Å²) in [4.78, 5) is 2.39. The van der Waals surface area contributed by atoms with Crippen molar-refractivity contribution in [3.8, 4) is 0 Å². The van der Waals surface area contributed by atoms with Crippen LogP contribution in [-0.2, 0) is 9.47 Å². The van der Waals surface area contributed by atoms with Crippen molar-refractivity contribution < 1.29 is 14.6 Å². The van der Waals surface area contributed by atoms with E-state index >= 15 is 0 Å². The van der Waals surface area contributed by atoms with Crippen LogP contribution in [0.2, 0.25) is 0 Å². The number of methoxy groups -OCH3 is 2. The maximum absolute atomic E-state index is 9.63. The molecule has 2 N–H and O–H groups in total. The van der Waals surface area contributed by atoms with Gasteiger partial charge in [0, 0.05) is 38.4 Å². The number of hydrogen-bond acceptors (Lipinski definition) is 5. The second kappa shape index (κ2) is 10.5. The minimum Gasteiger partial charge on any atom is -0.394 e. The average molecular weight is 290 g/mol. The van der Waals surface area contributed by atoms with Gasteiger partial charge in [-0.15, -0.1) is 0 Å². The third kappa shape index (κ3) is 6.99. The van der Waals surface area contributed by atoms with Crippen LogP contribution in [0.25, 0.3) is 0 Å². The number of nitrogens with zero attached hydrogens (tertiary/aromatic N) is 1. The van der Waals surface area contributed by atoms with Gasteiger partial charge in [0.1, 0.15) is 0 Å². The molecule has 0 radical (unpaired) electrons. The lowest BCUT2D eigenvalue weighted by Crippen LogP contribution is -2.53. The Kier molecular flexibility index (Phi) is 10.4. The van der Waals surface area contributed by atoms with E-state index < -0.39 is 0 Å². The Labute approximate surface area is 124 Å². The van der Waals surface area contributed by atoms with Gasteiger partial charge in [0.2, 0.25) is 0 Å². The zero-order chi connectivity index (χ0) is 15.6. The number of rotatable bonds is 12. The first-order valence-electron chi connectivity index (χ1n) is 7.53. The molecule has 5 heteroatoms. The minimum absolute atomic E-state index is 0.141. The van der Waals surface area contributed by atoms with E-state index in [-0.39, 0.29) is 12.1 Å². The van der Waals surface area contributed by atoms with Gasteiger partial charge in [-0.3, -0.25) is 4.90 Å². The molecule has 0 heterocycles. The number of hydrogen-bond donors (Lipinski definition) is 2. The predicted octanol–water partition coefficient (Wildman–Crippen LogP) is 1.11. The van der Waals surface area contributed by atoms with Crippen molar-refractivity contribution in [1.29, 1.82) is 0 Å². The maximum atomic E-state index is 9.63. The molecule has 0 aliphatic carbocycles. The van der Waals surface area contributed by atoms with Gasteiger partial charge >= 0.3 is 0 Å². The van der Waals surface area contributed by atoms with E-state index in [1.165, 1.54) is 0 Å². The summed E-state index contributed by atoms with van der Waals surface area (Å²) in [7, 11) is 3.45. The second-order valence-corrected chi connectivity index (χ2v) is 5.84. The summed E-state index contributed by atoms with van der Waals surface area (Å²) in [6, 6.07) is 0.668. The fraction of sp³-hybridized carbons (Fsp3) is 1.00. The molecule has 5 nitrogen and oxygen atoms in total. The van der Waals surface area contributed by atoms with Crippen LogP contribution in [0.1, 0.15) is 34.1 Å². The lowest BCUT2D eigenvalue weighted by Gasteiger charge is -2.39. The van der Waals surface area contributed by atoms with Crippen LogP contribution in [-0.4, -0.2) is 74.8 Å². The number of aliphatic hydroxyl groups excluding tert-OH is 1. The van der Waals surface area contributed by atoms with E-state index in [0.29, 0.717) is 25.3 Å². The van der Waals surface area contributed by atoms with Crippen LogP contribution in [0.5, 0.6) is 0 Å². The smallest absolute Gasteiger partial charge is 0.0615 e. The van der Waals surface area contributed by atoms with Crippen molar-refractivity contribution >= 4 is 0 Å². The molecule has 0 amide bonds. The summed E-state index contributed by atoms with van der Waals surface area (Å²) >= 11 is 0. The van der Waals surface area contributed by atoms with Crippen molar-refractivity contribution in [3.05, 3.63) is 0 Å². The van der Waals surface area contributed by atoms with Gasteiger partial charge < -0.3 is 19.9 Å². The van der Waals surface area contributed by atoms with Crippen molar-refractivity contribution in [2.75, 3.05) is 47.1 Å². The number of nitrogens with one attached hydrogen (secondary N) is 1. The lowest BCUT2D eigenvalue weighted by molar-refractivity contribution is 0.0347. The summed E-state index contributed by atoms with van der Waals surface area (Å²) in [6.07, 6.45) is 0.884. The highest BCUT2D eigenvalue weighted by Gasteiger charge is 2.29. The molecule has 0 aromatic heterocycles. The van der Waals surface area contributed by atoms with E-state index in [0.717, 1.165) is 19.5 Å². The molecule has 0 saturated carbocycles. The fourth-order valence-electron chi connectivity index (χ4n) is 2.80. The highest BCUT2D eigenvalue weighted by molar-refractivity contribution is 4.88. The van der Waals surface area contributed by atoms with Crippen LogP contribution in [0, 0.1) is 0 Å². The first-order valence-corrected chi connectivity index (χ1v) is 7.53. The van der Waals surface area contributed by atoms with Gasteiger partial charge in [0.25, 0.3) is 0 Å². The number of likely N-dealkylation sites (N-methyl/N-ethyl adjacent to an activating group) is 1. The van der Waals surface area contributed by atoms with E-state index in [1.54, 1.807) is 14.2 Å². The SMILES string of the molecule is CCNC(C)(CO)CC(C)N(CCOC)C(C)COC. The molecule has 3 unspecified atom stereocenters. The zero-order valence-corrected chi connectivity index (χ0v) is 14.1. The Morgan fingerprint density at radius 3 is 2.30 bits per heavy atom. The Balaban J connectivity index is 4.70. The lowest BCUT2D eigenvalue weighted by atomic mass is 9.93. The minimum atomic E-state index is -0.244. The van der Waals surface area contributed by atoms with Gasteiger partial charge in [-0.2, -0.15) is 0 Å². The van der Waals surface area contributed by atoms with Crippen LogP contribution in [0.4, 0.5) is 0 Å². The number of ether oxygens (including phenoxy) is 2. The molecule has 0 rings (SSSR count). The second-order valence-electron chi connectivity index (χ2n) is 5.84. The van der Waals surface area contributed by atoms with E-state index in [2.05, 4.69) is 37.9 Å². The summed E-state index contributed by atoms with van der Waals surface area (Å²) in [5.41, 5.74) is -0.244. The molecule has 20 heavy (non-hydrogen) atoms. The predicted molar refractivity (Wildman–Crippen MR) is 83.2 cm³/mol. The standard InChI is InChI=1S/C15H34N2O3/c1-7-16-15(4,12-18)10-13(2)17(8-9-19-5)14(3)11-20-6/h13-14,16,18H,7-12H2,1-6H3. The molecule has 0 aliphatic heterocycles. The molecule has 0 bridgehead atoms. The summed E-state index contributed by atoms with van der Waals surface area (Å²) < 4.78 is 10.5. The van der Waals surface area contributed by atoms with Crippen molar-refractivity contribution in [1.82, 2.24) is 10.2 Å². The normalized spacial score (nSPS) is 18.0. The van der Waals surface area contributed by atoms with Crippen LogP contribution >= 0.6 is 0 Å². The van der Waals surface area contributed by atoms with Crippen LogP contribution in [0.3, 0.4) is 0 Å². The van der Waals surface area contributed by atoms with Gasteiger partial charge in [0.05, 0.1) is 19.8 Å². The van der Waals surface area contributed by atoms with Gasteiger partial charge in [-0.1, -0.05) is 6.92 Å². The van der Waals surface area contributed by atoms with Crippen molar-refractivity contribution in [2.45, 2.75) is 51.7 Å². The molecular formula is C15H34N2O3. The highest BCUT2D eigenvalue weighted by Crippen LogP contribution is 2.18. The zero-order valence-electron chi connectivity index (χ0n) is 14.1. The van der Waals surface area contributed by atoms with Crippen molar-refractivity contribution in [3.63, 3.8) is 0 Å². The molecular weight excluding hydrogens is 256 g/mol. The van der Waals surface area contributed by atoms with Crippen LogP contribution in [0.15, 0.2) is 0 Å². The Bertz CT molecular complexity index is 241. The van der Waals surface area contributed by atoms with Gasteiger partial charge in [0.15, 0.2) is 0 Å². The Morgan fingerprint density at radius 2 is 1.85 bits per heavy atom. The Morgan fingerprint density at radius 1 is 1.20 bits per heavy atom. The third-order valence-electron chi connectivity index (χ3n) is 3.79. The van der Waals surface area contributed by atoms with Gasteiger partial charge in [-0.05, 0) is 33.7 Å². The largest absolute Gasteiger partial charge is 0.394 e. The summed E-state index contributed by atoms with van der Waals surface area (Å²) in [6.45, 7) is 11.8. The van der Waals surface area contributed by atoms with Crippen molar-refractivity contribution in [2.24, 2.45) is 0 Å². The summed E-state index contributed by atoms with van der Waals surface area (Å²) in [5.74, 6) is 0. The van der Waals surface area contributed by atoms with E-state index in [4.69, 9.17) is 9.47 Å². The van der Waals surface area contributed by atoms with Gasteiger partial charge in [-0.25, -0.2) is 0 Å². The molecule has 0 spiro atoms. The molecule has 0 fully saturated rings. The monoisotopic (exact) mass is 290 g/mol. The molecule has 122 valence electrons. The fourth-order valence-corrected chi connectivity index (χ4v) is 2.80. The third-order valence-corrected chi connectivity index (χ3v) is 3.79. The molecule has 3 atom stereocenters. The van der Waals surface area contributed by atoms with Crippen LogP contribution < -0.4 is 5.32 Å².